The number of carbonyl (C=O) groups is 1. The highest BCUT2D eigenvalue weighted by Crippen LogP contribution is 2.32. The van der Waals surface area contributed by atoms with Crippen molar-refractivity contribution in [3.63, 3.8) is 0 Å². The molecule has 1 amide bonds. The van der Waals surface area contributed by atoms with Crippen molar-refractivity contribution >= 4 is 34.9 Å². The van der Waals surface area contributed by atoms with Crippen molar-refractivity contribution in [2.24, 2.45) is 7.05 Å². The number of carbonyl (C=O) groups excluding carboxylic acids is 1. The molecule has 11 heteroatoms. The molecular formula is C24H21F3N6OS. The normalized spacial score (nSPS) is 11.4. The SMILES string of the molecule is CSc1cc(-c2cn(C)nc2Nc2cc(NC(=O)c3cccc(C(F)(F)F)c3)ccc2C)ncn1. The van der Waals surface area contributed by atoms with Gasteiger partial charge in [-0.1, -0.05) is 12.1 Å². The molecule has 7 nitrogen and oxygen atoms in total. The van der Waals surface area contributed by atoms with E-state index in [2.05, 4.69) is 25.7 Å². The van der Waals surface area contributed by atoms with E-state index in [1.54, 1.807) is 29.9 Å². The van der Waals surface area contributed by atoms with Crippen LogP contribution in [0.3, 0.4) is 0 Å². The van der Waals surface area contributed by atoms with Gasteiger partial charge in [-0.2, -0.15) is 18.3 Å². The minimum Gasteiger partial charge on any atom is -0.338 e. The quantitative estimate of drug-likeness (QED) is 0.254. The van der Waals surface area contributed by atoms with Crippen LogP contribution in [0.1, 0.15) is 21.5 Å². The highest BCUT2D eigenvalue weighted by Gasteiger charge is 2.30. The van der Waals surface area contributed by atoms with Gasteiger partial charge in [-0.05, 0) is 55.1 Å². The van der Waals surface area contributed by atoms with Crippen LogP contribution in [0.5, 0.6) is 0 Å². The van der Waals surface area contributed by atoms with Gasteiger partial charge in [0.25, 0.3) is 5.91 Å². The Balaban J connectivity index is 1.59. The van der Waals surface area contributed by atoms with Crippen LogP contribution < -0.4 is 10.6 Å². The standard InChI is InChI=1S/C24H21F3N6OS/c1-14-7-8-17(30-23(34)15-5-4-6-16(9-15)24(25,26)27)10-19(14)31-22-18(12-33(2)32-22)20-11-21(35-3)29-13-28-20/h4-13H,1-3H3,(H,30,34)(H,31,32). The Hall–Kier alpha value is -3.86. The van der Waals surface area contributed by atoms with Crippen LogP contribution in [0.4, 0.5) is 30.4 Å². The molecular weight excluding hydrogens is 477 g/mol. The monoisotopic (exact) mass is 498 g/mol. The lowest BCUT2D eigenvalue weighted by Crippen LogP contribution is -2.14. The number of aromatic nitrogens is 4. The second kappa shape index (κ2) is 9.79. The van der Waals surface area contributed by atoms with Gasteiger partial charge in [0.15, 0.2) is 5.82 Å². The summed E-state index contributed by atoms with van der Waals surface area (Å²) in [5.74, 6) is -0.0854. The fourth-order valence-corrected chi connectivity index (χ4v) is 3.75. The Morgan fingerprint density at radius 1 is 1.09 bits per heavy atom. The summed E-state index contributed by atoms with van der Waals surface area (Å²) in [6.45, 7) is 1.89. The van der Waals surface area contributed by atoms with E-state index < -0.39 is 17.6 Å². The third-order valence-electron chi connectivity index (χ3n) is 5.16. The van der Waals surface area contributed by atoms with Gasteiger partial charge < -0.3 is 10.6 Å². The van der Waals surface area contributed by atoms with Crippen LogP contribution in [0, 0.1) is 6.92 Å². The summed E-state index contributed by atoms with van der Waals surface area (Å²) in [5.41, 5.74) is 2.47. The van der Waals surface area contributed by atoms with E-state index in [-0.39, 0.29) is 5.56 Å². The molecule has 4 aromatic rings. The van der Waals surface area contributed by atoms with Crippen LogP contribution in [0.25, 0.3) is 11.3 Å². The second-order valence-electron chi connectivity index (χ2n) is 7.70. The second-order valence-corrected chi connectivity index (χ2v) is 8.52. The zero-order valence-electron chi connectivity index (χ0n) is 19.0. The van der Waals surface area contributed by atoms with Crippen molar-refractivity contribution in [3.8, 4) is 11.3 Å². The Labute approximate surface area is 203 Å². The lowest BCUT2D eigenvalue weighted by atomic mass is 10.1. The Morgan fingerprint density at radius 2 is 1.89 bits per heavy atom. The third-order valence-corrected chi connectivity index (χ3v) is 5.80. The van der Waals surface area contributed by atoms with Crippen molar-refractivity contribution in [3.05, 3.63) is 77.7 Å². The molecule has 0 fully saturated rings. The highest BCUT2D eigenvalue weighted by molar-refractivity contribution is 7.98. The summed E-state index contributed by atoms with van der Waals surface area (Å²) in [4.78, 5) is 21.2. The summed E-state index contributed by atoms with van der Waals surface area (Å²) >= 11 is 1.50. The van der Waals surface area contributed by atoms with E-state index in [1.807, 2.05) is 25.4 Å². The predicted octanol–water partition coefficient (Wildman–Crippen LogP) is 5.92. The molecule has 4 rings (SSSR count). The fourth-order valence-electron chi connectivity index (χ4n) is 3.37. The number of nitrogens with zero attached hydrogens (tertiary/aromatic N) is 4. The van der Waals surface area contributed by atoms with E-state index in [0.29, 0.717) is 22.9 Å². The zero-order valence-corrected chi connectivity index (χ0v) is 19.8. The smallest absolute Gasteiger partial charge is 0.338 e. The molecule has 0 radical (unpaired) electrons. The lowest BCUT2D eigenvalue weighted by molar-refractivity contribution is -0.137. The van der Waals surface area contributed by atoms with Crippen LogP contribution in [0.15, 0.2) is 66.1 Å². The van der Waals surface area contributed by atoms with Crippen LogP contribution in [-0.2, 0) is 13.2 Å². The number of thioether (sulfide) groups is 1. The van der Waals surface area contributed by atoms with Crippen LogP contribution in [-0.4, -0.2) is 31.9 Å². The Morgan fingerprint density at radius 3 is 2.63 bits per heavy atom. The summed E-state index contributed by atoms with van der Waals surface area (Å²) in [7, 11) is 1.80. The number of amides is 1. The molecule has 0 unspecified atom stereocenters. The fraction of sp³-hybridized carbons (Fsp3) is 0.167. The van der Waals surface area contributed by atoms with E-state index in [9.17, 15) is 18.0 Å². The number of hydrogen-bond donors (Lipinski definition) is 2. The largest absolute Gasteiger partial charge is 0.416 e. The van der Waals surface area contributed by atoms with E-state index in [1.165, 1.54) is 30.2 Å². The first-order valence-electron chi connectivity index (χ1n) is 10.4. The third kappa shape index (κ3) is 5.62. The summed E-state index contributed by atoms with van der Waals surface area (Å²) in [6, 6.07) is 11.3. The Bertz CT molecular complexity index is 1390. The average molecular weight is 499 g/mol. The van der Waals surface area contributed by atoms with E-state index in [4.69, 9.17) is 0 Å². The first kappa shape index (κ1) is 24.3. The maximum absolute atomic E-state index is 13.0. The maximum atomic E-state index is 13.0. The minimum absolute atomic E-state index is 0.0877. The predicted molar refractivity (Wildman–Crippen MR) is 130 cm³/mol. The van der Waals surface area contributed by atoms with Gasteiger partial charge in [-0.3, -0.25) is 9.48 Å². The number of alkyl halides is 3. The molecule has 180 valence electrons. The van der Waals surface area contributed by atoms with Crippen LogP contribution >= 0.6 is 11.8 Å². The van der Waals surface area contributed by atoms with Gasteiger partial charge >= 0.3 is 6.18 Å². The molecule has 0 saturated carbocycles. The van der Waals surface area contributed by atoms with Gasteiger partial charge in [0.05, 0.1) is 21.8 Å². The van der Waals surface area contributed by atoms with E-state index in [0.717, 1.165) is 28.3 Å². The number of nitrogens with one attached hydrogen (secondary N) is 2. The van der Waals surface area contributed by atoms with Crippen molar-refractivity contribution in [1.29, 1.82) is 0 Å². The molecule has 0 aliphatic heterocycles. The lowest BCUT2D eigenvalue weighted by Gasteiger charge is -2.13. The average Bonchev–Trinajstić information content (AvgIpc) is 3.20. The van der Waals surface area contributed by atoms with Gasteiger partial charge in [-0.25, -0.2) is 9.97 Å². The highest BCUT2D eigenvalue weighted by atomic mass is 32.2. The number of rotatable bonds is 6. The minimum atomic E-state index is -4.53. The molecule has 0 saturated heterocycles. The number of aryl methyl sites for hydroxylation is 2. The molecule has 0 aliphatic carbocycles. The number of halogens is 3. The van der Waals surface area contributed by atoms with Crippen LogP contribution in [0.2, 0.25) is 0 Å². The molecule has 0 bridgehead atoms. The molecule has 0 atom stereocenters. The molecule has 2 aromatic carbocycles. The first-order valence-corrected chi connectivity index (χ1v) is 11.6. The molecule has 0 aliphatic rings. The maximum Gasteiger partial charge on any atom is 0.416 e. The zero-order chi connectivity index (χ0) is 25.2. The summed E-state index contributed by atoms with van der Waals surface area (Å²) < 4.78 is 40.7. The molecule has 2 heterocycles. The topological polar surface area (TPSA) is 84.7 Å². The molecule has 0 spiro atoms. The van der Waals surface area contributed by atoms with Gasteiger partial charge in [0.1, 0.15) is 6.33 Å². The van der Waals surface area contributed by atoms with E-state index >= 15 is 0 Å². The number of anilines is 3. The van der Waals surface area contributed by atoms with Crippen molar-refractivity contribution in [1.82, 2.24) is 19.7 Å². The van der Waals surface area contributed by atoms with Crippen molar-refractivity contribution in [2.75, 3.05) is 16.9 Å². The molecule has 2 aromatic heterocycles. The van der Waals surface area contributed by atoms with Gasteiger partial charge in [0.2, 0.25) is 0 Å². The summed E-state index contributed by atoms with van der Waals surface area (Å²) in [5, 5.41) is 11.3. The van der Waals surface area contributed by atoms with Crippen molar-refractivity contribution in [2.45, 2.75) is 18.1 Å². The molecule has 35 heavy (non-hydrogen) atoms. The van der Waals surface area contributed by atoms with Gasteiger partial charge in [-0.15, -0.1) is 11.8 Å². The number of hydrogen-bond acceptors (Lipinski definition) is 6. The van der Waals surface area contributed by atoms with Gasteiger partial charge in [0, 0.05) is 30.2 Å². The molecule has 2 N–H and O–H groups in total. The first-order chi connectivity index (χ1) is 16.6. The Kier molecular flexibility index (Phi) is 6.79. The summed E-state index contributed by atoms with van der Waals surface area (Å²) in [6.07, 6.45) is 0.728. The van der Waals surface area contributed by atoms with Crippen molar-refractivity contribution < 1.29 is 18.0 Å². The number of benzene rings is 2.